The van der Waals surface area contributed by atoms with Crippen LogP contribution < -0.4 is 16.6 Å². The van der Waals surface area contributed by atoms with Crippen molar-refractivity contribution in [3.63, 3.8) is 0 Å². The van der Waals surface area contributed by atoms with Crippen molar-refractivity contribution in [2.45, 2.75) is 31.8 Å². The summed E-state index contributed by atoms with van der Waals surface area (Å²) in [6, 6.07) is 15.3. The highest BCUT2D eigenvalue weighted by Crippen LogP contribution is 2.24. The van der Waals surface area contributed by atoms with E-state index in [1.165, 1.54) is 29.5 Å². The summed E-state index contributed by atoms with van der Waals surface area (Å²) in [7, 11) is 1.64. The second-order valence-electron chi connectivity index (χ2n) is 10.1. The van der Waals surface area contributed by atoms with Gasteiger partial charge >= 0.3 is 11.7 Å². The van der Waals surface area contributed by atoms with Crippen LogP contribution in [0.5, 0.6) is 0 Å². The lowest BCUT2D eigenvalue weighted by Gasteiger charge is -2.17. The number of nitrogens with zero attached hydrogens (tertiary/aromatic N) is 3. The number of halogens is 2. The maximum absolute atomic E-state index is 13.4. The molecule has 1 saturated heterocycles. The van der Waals surface area contributed by atoms with Crippen molar-refractivity contribution in [2.24, 2.45) is 7.05 Å². The van der Waals surface area contributed by atoms with Gasteiger partial charge in [0.25, 0.3) is 11.5 Å². The van der Waals surface area contributed by atoms with Gasteiger partial charge < -0.3 is 10.4 Å². The Balaban J connectivity index is 1.39. The van der Waals surface area contributed by atoms with Gasteiger partial charge in [-0.05, 0) is 73.5 Å². The minimum atomic E-state index is -1.27. The number of likely N-dealkylation sites (tertiary alicyclic amines) is 1. The number of carboxylic acid groups (broad SMARTS) is 1. The molecule has 1 atom stereocenters. The SMILES string of the molecule is Cn1c(=O)n(-c2ccc(C[C@H](NC(=O)c3c(Cl)cccc3Cl)C(=O)O)cc2)c(=O)c2ccc(CN3CCCC3)cc21. The summed E-state index contributed by atoms with van der Waals surface area (Å²) in [6.45, 7) is 2.87. The maximum Gasteiger partial charge on any atom is 0.335 e. The Labute approximate surface area is 245 Å². The standard InChI is InChI=1S/C30H28Cl2N4O5/c1-34-25-16-19(17-35-13-2-3-14-35)9-12-21(25)28(38)36(30(34)41)20-10-7-18(8-11-20)15-24(29(39)40)33-27(37)26-22(31)5-4-6-23(26)32/h4-12,16,24H,2-3,13-15,17H2,1H3,(H,33,37)(H,39,40)/t24-/m0/s1. The molecule has 0 unspecified atom stereocenters. The van der Waals surface area contributed by atoms with Gasteiger partial charge in [-0.2, -0.15) is 0 Å². The number of hydrogen-bond acceptors (Lipinski definition) is 5. The topological polar surface area (TPSA) is 114 Å². The number of carboxylic acids is 1. The highest BCUT2D eigenvalue weighted by Gasteiger charge is 2.24. The Morgan fingerprint density at radius 3 is 2.22 bits per heavy atom. The van der Waals surface area contributed by atoms with Gasteiger partial charge in [-0.15, -0.1) is 0 Å². The lowest BCUT2D eigenvalue weighted by Crippen LogP contribution is -2.42. The second-order valence-corrected chi connectivity index (χ2v) is 11.0. The van der Waals surface area contributed by atoms with Gasteiger partial charge in [0.2, 0.25) is 0 Å². The molecule has 1 amide bonds. The molecule has 1 fully saturated rings. The molecule has 212 valence electrons. The van der Waals surface area contributed by atoms with Crippen molar-refractivity contribution in [1.82, 2.24) is 19.4 Å². The van der Waals surface area contributed by atoms with Gasteiger partial charge in [0, 0.05) is 20.0 Å². The van der Waals surface area contributed by atoms with Crippen molar-refractivity contribution < 1.29 is 14.7 Å². The molecule has 0 saturated carbocycles. The van der Waals surface area contributed by atoms with Crippen LogP contribution in [0.2, 0.25) is 10.0 Å². The lowest BCUT2D eigenvalue weighted by atomic mass is 10.0. The highest BCUT2D eigenvalue weighted by atomic mass is 35.5. The van der Waals surface area contributed by atoms with Gasteiger partial charge in [-0.3, -0.25) is 19.1 Å². The molecular weight excluding hydrogens is 567 g/mol. The second kappa shape index (κ2) is 11.9. The molecule has 2 N–H and O–H groups in total. The van der Waals surface area contributed by atoms with Crippen molar-refractivity contribution in [1.29, 1.82) is 0 Å². The third-order valence-electron chi connectivity index (χ3n) is 7.37. The number of rotatable bonds is 8. The Kier molecular flexibility index (Phi) is 8.30. The zero-order valence-electron chi connectivity index (χ0n) is 22.3. The Bertz CT molecular complexity index is 1740. The van der Waals surface area contributed by atoms with Crippen LogP contribution in [-0.2, 0) is 24.8 Å². The van der Waals surface area contributed by atoms with E-state index < -0.39 is 29.2 Å². The first-order valence-electron chi connectivity index (χ1n) is 13.2. The van der Waals surface area contributed by atoms with E-state index in [-0.39, 0.29) is 22.0 Å². The van der Waals surface area contributed by atoms with Crippen LogP contribution in [0.1, 0.15) is 34.3 Å². The number of amides is 1. The molecule has 5 rings (SSSR count). The number of carbonyl (C=O) groups is 2. The van der Waals surface area contributed by atoms with Crippen LogP contribution in [0.15, 0.2) is 70.3 Å². The van der Waals surface area contributed by atoms with Gasteiger partial charge in [0.15, 0.2) is 0 Å². The van der Waals surface area contributed by atoms with Crippen LogP contribution in [-0.4, -0.2) is 50.1 Å². The van der Waals surface area contributed by atoms with Crippen molar-refractivity contribution in [2.75, 3.05) is 13.1 Å². The van der Waals surface area contributed by atoms with E-state index >= 15 is 0 Å². The fourth-order valence-corrected chi connectivity index (χ4v) is 5.75. The predicted molar refractivity (Wildman–Crippen MR) is 158 cm³/mol. The third kappa shape index (κ3) is 5.93. The quantitative estimate of drug-likeness (QED) is 0.318. The molecule has 4 aromatic rings. The molecule has 0 radical (unpaired) electrons. The minimum absolute atomic E-state index is 0.00729. The maximum atomic E-state index is 13.4. The van der Waals surface area contributed by atoms with E-state index in [0.717, 1.165) is 29.8 Å². The summed E-state index contributed by atoms with van der Waals surface area (Å²) in [5.74, 6) is -1.95. The first-order valence-corrected chi connectivity index (χ1v) is 13.9. The molecule has 2 heterocycles. The first-order chi connectivity index (χ1) is 19.6. The average Bonchev–Trinajstić information content (AvgIpc) is 3.45. The molecule has 0 spiro atoms. The molecule has 41 heavy (non-hydrogen) atoms. The zero-order valence-corrected chi connectivity index (χ0v) is 23.8. The van der Waals surface area contributed by atoms with E-state index in [9.17, 15) is 24.3 Å². The fraction of sp³-hybridized carbons (Fsp3) is 0.267. The van der Waals surface area contributed by atoms with E-state index in [2.05, 4.69) is 10.2 Å². The van der Waals surface area contributed by atoms with E-state index in [1.54, 1.807) is 43.4 Å². The Morgan fingerprint density at radius 1 is 0.951 bits per heavy atom. The number of aryl methyl sites for hydroxylation is 1. The predicted octanol–water partition coefficient (Wildman–Crippen LogP) is 4.02. The largest absolute Gasteiger partial charge is 0.480 e. The highest BCUT2D eigenvalue weighted by molar-refractivity contribution is 6.39. The molecule has 9 nitrogen and oxygen atoms in total. The normalized spacial score (nSPS) is 14.3. The van der Waals surface area contributed by atoms with Crippen LogP contribution in [0.3, 0.4) is 0 Å². The summed E-state index contributed by atoms with van der Waals surface area (Å²) in [5, 5.41) is 12.8. The number of aliphatic carboxylic acids is 1. The van der Waals surface area contributed by atoms with Crippen LogP contribution >= 0.6 is 23.2 Å². The smallest absolute Gasteiger partial charge is 0.335 e. The molecule has 1 aliphatic rings. The van der Waals surface area contributed by atoms with E-state index in [1.807, 2.05) is 12.1 Å². The van der Waals surface area contributed by atoms with Crippen LogP contribution in [0.4, 0.5) is 0 Å². The minimum Gasteiger partial charge on any atom is -0.480 e. The van der Waals surface area contributed by atoms with Gasteiger partial charge in [-0.25, -0.2) is 14.2 Å². The zero-order chi connectivity index (χ0) is 29.3. The summed E-state index contributed by atoms with van der Waals surface area (Å²) in [6.07, 6.45) is 2.31. The molecule has 1 aromatic heterocycles. The number of hydrogen-bond donors (Lipinski definition) is 2. The lowest BCUT2D eigenvalue weighted by molar-refractivity contribution is -0.139. The monoisotopic (exact) mass is 594 g/mol. The van der Waals surface area contributed by atoms with Gasteiger partial charge in [0.05, 0.1) is 32.2 Å². The Hall–Kier alpha value is -3.92. The number of carbonyl (C=O) groups excluding carboxylic acids is 1. The summed E-state index contributed by atoms with van der Waals surface area (Å²) < 4.78 is 2.57. The van der Waals surface area contributed by atoms with E-state index in [0.29, 0.717) is 22.2 Å². The summed E-state index contributed by atoms with van der Waals surface area (Å²) >= 11 is 12.2. The molecule has 1 aliphatic heterocycles. The third-order valence-corrected chi connectivity index (χ3v) is 8.00. The number of fused-ring (bicyclic) bond motifs is 1. The van der Waals surface area contributed by atoms with Crippen LogP contribution in [0, 0.1) is 0 Å². The number of nitrogens with one attached hydrogen (secondary N) is 1. The van der Waals surface area contributed by atoms with Gasteiger partial charge in [-0.1, -0.05) is 47.5 Å². The van der Waals surface area contributed by atoms with Crippen molar-refractivity contribution in [3.05, 3.63) is 108 Å². The molecule has 11 heteroatoms. The van der Waals surface area contributed by atoms with Gasteiger partial charge in [0.1, 0.15) is 6.04 Å². The number of benzene rings is 3. The first kappa shape index (κ1) is 28.6. The molecule has 3 aromatic carbocycles. The Morgan fingerprint density at radius 2 is 1.59 bits per heavy atom. The van der Waals surface area contributed by atoms with Crippen LogP contribution in [0.25, 0.3) is 16.6 Å². The fourth-order valence-electron chi connectivity index (χ4n) is 5.18. The number of aromatic nitrogens is 2. The summed E-state index contributed by atoms with van der Waals surface area (Å²) in [4.78, 5) is 53.7. The van der Waals surface area contributed by atoms with E-state index in [4.69, 9.17) is 23.2 Å². The average molecular weight is 595 g/mol. The molecule has 0 aliphatic carbocycles. The molecular formula is C30H28Cl2N4O5. The summed E-state index contributed by atoms with van der Waals surface area (Å²) in [5.41, 5.74) is 1.62. The van der Waals surface area contributed by atoms with Crippen molar-refractivity contribution in [3.8, 4) is 5.69 Å². The molecule has 0 bridgehead atoms. The van der Waals surface area contributed by atoms with Crippen molar-refractivity contribution >= 4 is 46.0 Å².